The van der Waals surface area contributed by atoms with Crippen LogP contribution in [0.2, 0.25) is 5.02 Å². The van der Waals surface area contributed by atoms with Gasteiger partial charge in [-0.2, -0.15) is 17.5 Å². The minimum Gasteiger partial charge on any atom is -0.325 e. The Morgan fingerprint density at radius 2 is 1.66 bits per heavy atom. The number of benzene rings is 2. The zero-order chi connectivity index (χ0) is 22.1. The summed E-state index contributed by atoms with van der Waals surface area (Å²) in [6.45, 7) is -0.954. The molecular formula is C16H11ClF6N2O3S. The second kappa shape index (κ2) is 8.20. The fourth-order valence-corrected chi connectivity index (χ4v) is 3.58. The van der Waals surface area contributed by atoms with Crippen LogP contribution in [-0.4, -0.2) is 32.2 Å². The molecule has 1 amide bonds. The van der Waals surface area contributed by atoms with Crippen molar-refractivity contribution in [1.82, 2.24) is 4.31 Å². The van der Waals surface area contributed by atoms with Gasteiger partial charge in [0.1, 0.15) is 10.7 Å². The van der Waals surface area contributed by atoms with Crippen LogP contribution in [0.4, 0.5) is 32.0 Å². The Morgan fingerprint density at radius 1 is 1.07 bits per heavy atom. The number of halogens is 7. The fourth-order valence-electron chi connectivity index (χ4n) is 2.18. The van der Waals surface area contributed by atoms with Crippen LogP contribution in [0.15, 0.2) is 35.2 Å². The number of sulfonamides is 1. The third-order valence-corrected chi connectivity index (χ3v) is 5.73. The molecule has 0 aliphatic rings. The summed E-state index contributed by atoms with van der Waals surface area (Å²) in [5, 5.41) is 1.43. The number of amides is 1. The number of nitrogens with one attached hydrogen (secondary N) is 1. The molecule has 0 aliphatic heterocycles. The predicted molar refractivity (Wildman–Crippen MR) is 91.2 cm³/mol. The average Bonchev–Trinajstić information content (AvgIpc) is 2.58. The number of carbonyl (C=O) groups excluding carboxylic acids is 1. The lowest BCUT2D eigenvalue weighted by molar-refractivity contribution is -0.137. The van der Waals surface area contributed by atoms with Gasteiger partial charge in [0, 0.05) is 18.8 Å². The number of nitrogens with zero attached hydrogens (tertiary/aromatic N) is 1. The third kappa shape index (κ3) is 5.19. The van der Waals surface area contributed by atoms with E-state index in [2.05, 4.69) is 0 Å². The van der Waals surface area contributed by atoms with Crippen molar-refractivity contribution in [2.45, 2.75) is 11.1 Å². The van der Waals surface area contributed by atoms with E-state index >= 15 is 0 Å². The molecule has 0 spiro atoms. The van der Waals surface area contributed by atoms with Gasteiger partial charge in [0.25, 0.3) is 0 Å². The molecule has 0 fully saturated rings. The van der Waals surface area contributed by atoms with Gasteiger partial charge in [-0.05, 0) is 24.3 Å². The number of anilines is 1. The van der Waals surface area contributed by atoms with Gasteiger partial charge in [0.15, 0.2) is 11.6 Å². The van der Waals surface area contributed by atoms with Gasteiger partial charge in [0.2, 0.25) is 15.9 Å². The van der Waals surface area contributed by atoms with E-state index < -0.39 is 61.6 Å². The molecule has 29 heavy (non-hydrogen) atoms. The van der Waals surface area contributed by atoms with Crippen molar-refractivity contribution < 1.29 is 39.6 Å². The highest BCUT2D eigenvalue weighted by molar-refractivity contribution is 7.89. The summed E-state index contributed by atoms with van der Waals surface area (Å²) < 4.78 is 103. The predicted octanol–water partition coefficient (Wildman–Crippen LogP) is 4.04. The van der Waals surface area contributed by atoms with Crippen molar-refractivity contribution in [3.8, 4) is 0 Å². The molecule has 2 aromatic carbocycles. The smallest absolute Gasteiger partial charge is 0.325 e. The Bertz CT molecular complexity index is 1060. The number of hydrogen-bond acceptors (Lipinski definition) is 3. The van der Waals surface area contributed by atoms with Crippen molar-refractivity contribution in [3.05, 3.63) is 58.4 Å². The summed E-state index contributed by atoms with van der Waals surface area (Å²) in [7, 11) is -3.90. The molecule has 158 valence electrons. The maximum Gasteiger partial charge on any atom is 0.417 e. The molecule has 0 heterocycles. The van der Waals surface area contributed by atoms with Crippen LogP contribution in [-0.2, 0) is 21.0 Å². The molecule has 0 saturated heterocycles. The minimum absolute atomic E-state index is 0.0303. The van der Waals surface area contributed by atoms with Gasteiger partial charge in [-0.1, -0.05) is 11.6 Å². The number of hydrogen-bond donors (Lipinski definition) is 1. The molecule has 13 heteroatoms. The third-order valence-electron chi connectivity index (χ3n) is 3.58. The van der Waals surface area contributed by atoms with E-state index in [0.717, 1.165) is 19.2 Å². The molecule has 0 saturated carbocycles. The topological polar surface area (TPSA) is 66.5 Å². The van der Waals surface area contributed by atoms with Crippen molar-refractivity contribution in [2.24, 2.45) is 0 Å². The maximum absolute atomic E-state index is 13.7. The van der Waals surface area contributed by atoms with E-state index in [4.69, 9.17) is 11.6 Å². The van der Waals surface area contributed by atoms with Crippen molar-refractivity contribution in [3.63, 3.8) is 0 Å². The summed E-state index contributed by atoms with van der Waals surface area (Å²) in [4.78, 5) is 10.8. The number of likely N-dealkylation sites (N-methyl/N-ethyl adjacent to an activating group) is 1. The molecule has 2 aromatic rings. The van der Waals surface area contributed by atoms with Crippen molar-refractivity contribution >= 4 is 33.2 Å². The monoisotopic (exact) mass is 460 g/mol. The van der Waals surface area contributed by atoms with Crippen molar-refractivity contribution in [2.75, 3.05) is 18.9 Å². The molecular weight excluding hydrogens is 450 g/mol. The van der Waals surface area contributed by atoms with Gasteiger partial charge < -0.3 is 5.32 Å². The van der Waals surface area contributed by atoms with Crippen LogP contribution in [0, 0.1) is 17.5 Å². The fraction of sp³-hybridized carbons (Fsp3) is 0.188. The average molecular weight is 461 g/mol. The first kappa shape index (κ1) is 23.0. The molecule has 0 radical (unpaired) electrons. The zero-order valence-electron chi connectivity index (χ0n) is 14.3. The first-order valence-corrected chi connectivity index (χ1v) is 9.32. The molecule has 2 rings (SSSR count). The first-order chi connectivity index (χ1) is 13.2. The Balaban J connectivity index is 2.20. The van der Waals surface area contributed by atoms with Crippen LogP contribution < -0.4 is 5.32 Å². The maximum atomic E-state index is 13.7. The lowest BCUT2D eigenvalue weighted by Gasteiger charge is -2.18. The number of alkyl halides is 3. The summed E-state index contributed by atoms with van der Waals surface area (Å²) >= 11 is 5.46. The van der Waals surface area contributed by atoms with E-state index in [0.29, 0.717) is 10.4 Å². The van der Waals surface area contributed by atoms with Gasteiger partial charge in [-0.25, -0.2) is 21.6 Å². The quantitative estimate of drug-likeness (QED) is 0.541. The Hall–Kier alpha value is -2.31. The molecule has 1 N–H and O–H groups in total. The van der Waals surface area contributed by atoms with E-state index in [1.165, 1.54) is 0 Å². The van der Waals surface area contributed by atoms with Crippen molar-refractivity contribution in [1.29, 1.82) is 0 Å². The van der Waals surface area contributed by atoms with Crippen LogP contribution in [0.25, 0.3) is 0 Å². The van der Waals surface area contributed by atoms with Gasteiger partial charge in [0.05, 0.1) is 17.1 Å². The largest absolute Gasteiger partial charge is 0.417 e. The van der Waals surface area contributed by atoms with Gasteiger partial charge in [-0.3, -0.25) is 4.79 Å². The van der Waals surface area contributed by atoms with E-state index in [9.17, 15) is 39.6 Å². The van der Waals surface area contributed by atoms with Gasteiger partial charge in [-0.15, -0.1) is 0 Å². The van der Waals surface area contributed by atoms with Crippen LogP contribution in [0.5, 0.6) is 0 Å². The van der Waals surface area contributed by atoms with E-state index in [1.807, 2.05) is 5.32 Å². The molecule has 0 aliphatic carbocycles. The normalized spacial score (nSPS) is 12.3. The molecule has 0 unspecified atom stereocenters. The molecule has 5 nitrogen and oxygen atoms in total. The number of rotatable bonds is 5. The zero-order valence-corrected chi connectivity index (χ0v) is 15.9. The molecule has 0 bridgehead atoms. The highest BCUT2D eigenvalue weighted by atomic mass is 35.5. The van der Waals surface area contributed by atoms with Gasteiger partial charge >= 0.3 is 6.18 Å². The standard InChI is InChI=1S/C16H11ClF6N2O3S/c1-25(29(27,28)14-6-12(19)11(18)5-13(14)20)7-15(26)24-8-2-3-10(17)9(4-8)16(21,22)23/h2-6H,7H2,1H3,(H,24,26). The van der Waals surface area contributed by atoms with E-state index in [-0.39, 0.29) is 17.8 Å². The lowest BCUT2D eigenvalue weighted by Crippen LogP contribution is -2.35. The Morgan fingerprint density at radius 3 is 2.24 bits per heavy atom. The summed E-state index contributed by atoms with van der Waals surface area (Å²) in [6, 6.07) is 2.63. The molecule has 0 atom stereocenters. The second-order valence-electron chi connectivity index (χ2n) is 5.70. The summed E-state index contributed by atoms with van der Waals surface area (Å²) in [5.74, 6) is -5.88. The Kier molecular flexibility index (Phi) is 6.50. The van der Waals surface area contributed by atoms with Crippen LogP contribution in [0.3, 0.4) is 0 Å². The van der Waals surface area contributed by atoms with Crippen LogP contribution in [0.1, 0.15) is 5.56 Å². The minimum atomic E-state index is -4.79. The summed E-state index contributed by atoms with van der Waals surface area (Å²) in [5.41, 5.74) is -1.54. The molecule has 0 aromatic heterocycles. The summed E-state index contributed by atoms with van der Waals surface area (Å²) in [6.07, 6.45) is -4.79. The number of carbonyl (C=O) groups is 1. The Labute approximate surface area is 165 Å². The highest BCUT2D eigenvalue weighted by Gasteiger charge is 2.33. The van der Waals surface area contributed by atoms with E-state index in [1.54, 1.807) is 0 Å². The first-order valence-electron chi connectivity index (χ1n) is 7.51. The highest BCUT2D eigenvalue weighted by Crippen LogP contribution is 2.36. The SMILES string of the molecule is CN(CC(=O)Nc1ccc(Cl)c(C(F)(F)F)c1)S(=O)(=O)c1cc(F)c(F)cc1F. The van der Waals surface area contributed by atoms with Crippen LogP contribution >= 0.6 is 11.6 Å². The second-order valence-corrected chi connectivity index (χ2v) is 8.12. The lowest BCUT2D eigenvalue weighted by atomic mass is 10.2.